The number of carbonyl (C=O) groups excluding carboxylic acids is 1. The van der Waals surface area contributed by atoms with Crippen LogP contribution in [0.1, 0.15) is 51.3 Å². The molecule has 0 N–H and O–H groups in total. The van der Waals surface area contributed by atoms with Crippen LogP contribution in [0.25, 0.3) is 0 Å². The van der Waals surface area contributed by atoms with Gasteiger partial charge in [0.2, 0.25) is 0 Å². The van der Waals surface area contributed by atoms with Crippen LogP contribution in [0.4, 0.5) is 0 Å². The first-order valence-electron chi connectivity index (χ1n) is 6.99. The number of hydrogen-bond acceptors (Lipinski definition) is 2. The van der Waals surface area contributed by atoms with Gasteiger partial charge in [0.1, 0.15) is 0 Å². The molecule has 0 saturated carbocycles. The second kappa shape index (κ2) is 4.97. The fourth-order valence-electron chi connectivity index (χ4n) is 2.86. The highest BCUT2D eigenvalue weighted by Crippen LogP contribution is 2.27. The molecule has 0 unspecified atom stereocenters. The van der Waals surface area contributed by atoms with Crippen molar-refractivity contribution >= 4 is 17.1 Å². The number of nitrogens with zero attached hydrogens (tertiary/aromatic N) is 1. The normalized spacial score (nSPS) is 14.7. The number of ketones is 1. The summed E-state index contributed by atoms with van der Waals surface area (Å²) < 4.78 is 2.33. The SMILES string of the molecule is CCc1ccc(Cn2c(C)cc3c2CCCC3=O)s1. The quantitative estimate of drug-likeness (QED) is 0.829. The first-order chi connectivity index (χ1) is 9.19. The van der Waals surface area contributed by atoms with Gasteiger partial charge in [-0.2, -0.15) is 0 Å². The maximum Gasteiger partial charge on any atom is 0.164 e. The van der Waals surface area contributed by atoms with E-state index in [4.69, 9.17) is 0 Å². The van der Waals surface area contributed by atoms with Crippen LogP contribution in [-0.2, 0) is 19.4 Å². The Morgan fingerprint density at radius 3 is 2.79 bits per heavy atom. The molecule has 2 aromatic heterocycles. The smallest absolute Gasteiger partial charge is 0.164 e. The Balaban J connectivity index is 1.94. The van der Waals surface area contributed by atoms with Crippen LogP contribution in [-0.4, -0.2) is 10.4 Å². The van der Waals surface area contributed by atoms with E-state index in [9.17, 15) is 4.79 Å². The van der Waals surface area contributed by atoms with E-state index in [-0.39, 0.29) is 0 Å². The fraction of sp³-hybridized carbons (Fsp3) is 0.438. The highest BCUT2D eigenvalue weighted by atomic mass is 32.1. The topological polar surface area (TPSA) is 22.0 Å². The molecule has 0 bridgehead atoms. The Bertz CT molecular complexity index is 621. The van der Waals surface area contributed by atoms with Crippen molar-refractivity contribution in [3.05, 3.63) is 44.9 Å². The summed E-state index contributed by atoms with van der Waals surface area (Å²) in [5.74, 6) is 0.323. The van der Waals surface area contributed by atoms with Crippen LogP contribution in [0.2, 0.25) is 0 Å². The first kappa shape index (κ1) is 12.7. The molecule has 0 spiro atoms. The lowest BCUT2D eigenvalue weighted by Crippen LogP contribution is -2.13. The number of rotatable bonds is 3. The zero-order chi connectivity index (χ0) is 13.4. The molecule has 100 valence electrons. The van der Waals surface area contributed by atoms with E-state index >= 15 is 0 Å². The fourth-order valence-corrected chi connectivity index (χ4v) is 3.81. The third-order valence-electron chi connectivity index (χ3n) is 3.91. The summed E-state index contributed by atoms with van der Waals surface area (Å²) >= 11 is 1.89. The molecule has 0 aliphatic heterocycles. The number of fused-ring (bicyclic) bond motifs is 1. The standard InChI is InChI=1S/C16H19NOS/c1-3-12-7-8-13(19-12)10-17-11(2)9-14-15(17)5-4-6-16(14)18/h7-9H,3-6,10H2,1-2H3. The van der Waals surface area contributed by atoms with E-state index in [1.807, 2.05) is 11.3 Å². The van der Waals surface area contributed by atoms with Crippen molar-refractivity contribution in [3.63, 3.8) is 0 Å². The zero-order valence-corrected chi connectivity index (χ0v) is 12.3. The molecule has 2 aromatic rings. The minimum absolute atomic E-state index is 0.323. The Labute approximate surface area is 118 Å². The lowest BCUT2D eigenvalue weighted by molar-refractivity contribution is 0.0972. The number of hydrogen-bond donors (Lipinski definition) is 0. The second-order valence-electron chi connectivity index (χ2n) is 5.23. The van der Waals surface area contributed by atoms with Gasteiger partial charge in [0.25, 0.3) is 0 Å². The molecule has 0 fully saturated rings. The number of thiophene rings is 1. The largest absolute Gasteiger partial charge is 0.343 e. The summed E-state index contributed by atoms with van der Waals surface area (Å²) in [5, 5.41) is 0. The molecule has 0 radical (unpaired) electrons. The summed E-state index contributed by atoms with van der Waals surface area (Å²) in [7, 11) is 0. The van der Waals surface area contributed by atoms with Gasteiger partial charge >= 0.3 is 0 Å². The van der Waals surface area contributed by atoms with E-state index < -0.39 is 0 Å². The van der Waals surface area contributed by atoms with Crippen molar-refractivity contribution in [2.45, 2.75) is 46.1 Å². The number of aryl methyl sites for hydroxylation is 2. The van der Waals surface area contributed by atoms with Gasteiger partial charge < -0.3 is 4.57 Å². The van der Waals surface area contributed by atoms with Gasteiger partial charge in [-0.15, -0.1) is 11.3 Å². The summed E-state index contributed by atoms with van der Waals surface area (Å²) in [6, 6.07) is 6.52. The third kappa shape index (κ3) is 2.27. The van der Waals surface area contributed by atoms with Crippen molar-refractivity contribution in [1.82, 2.24) is 4.57 Å². The minimum atomic E-state index is 0.323. The van der Waals surface area contributed by atoms with Crippen LogP contribution in [0.15, 0.2) is 18.2 Å². The van der Waals surface area contributed by atoms with Gasteiger partial charge in [0.15, 0.2) is 5.78 Å². The molecule has 19 heavy (non-hydrogen) atoms. The molecule has 1 aliphatic carbocycles. The van der Waals surface area contributed by atoms with Gasteiger partial charge in [0, 0.05) is 33.1 Å². The molecule has 0 amide bonds. The average molecular weight is 273 g/mol. The zero-order valence-electron chi connectivity index (χ0n) is 11.5. The van der Waals surface area contributed by atoms with Crippen LogP contribution >= 0.6 is 11.3 Å². The predicted octanol–water partition coefficient (Wildman–Crippen LogP) is 3.99. The predicted molar refractivity (Wildman–Crippen MR) is 79.2 cm³/mol. The Morgan fingerprint density at radius 1 is 1.26 bits per heavy atom. The number of aromatic nitrogens is 1. The number of carbonyl (C=O) groups is 1. The summed E-state index contributed by atoms with van der Waals surface area (Å²) in [6.07, 6.45) is 3.86. The Morgan fingerprint density at radius 2 is 2.05 bits per heavy atom. The molecular weight excluding hydrogens is 254 g/mol. The molecule has 2 nitrogen and oxygen atoms in total. The van der Waals surface area contributed by atoms with Crippen LogP contribution < -0.4 is 0 Å². The highest BCUT2D eigenvalue weighted by molar-refractivity contribution is 7.11. The van der Waals surface area contributed by atoms with E-state index in [1.165, 1.54) is 21.1 Å². The average Bonchev–Trinajstić information content (AvgIpc) is 2.97. The van der Waals surface area contributed by atoms with Crippen molar-refractivity contribution < 1.29 is 4.79 Å². The van der Waals surface area contributed by atoms with Crippen LogP contribution in [0.3, 0.4) is 0 Å². The van der Waals surface area contributed by atoms with Crippen molar-refractivity contribution in [3.8, 4) is 0 Å². The first-order valence-corrected chi connectivity index (χ1v) is 7.80. The third-order valence-corrected chi connectivity index (χ3v) is 5.13. The molecule has 3 rings (SSSR count). The lowest BCUT2D eigenvalue weighted by Gasteiger charge is -2.15. The van der Waals surface area contributed by atoms with Gasteiger partial charge in [-0.25, -0.2) is 0 Å². The van der Waals surface area contributed by atoms with E-state index in [0.717, 1.165) is 37.8 Å². The van der Waals surface area contributed by atoms with Gasteiger partial charge in [-0.05, 0) is 44.4 Å². The summed E-state index contributed by atoms with van der Waals surface area (Å²) in [4.78, 5) is 14.8. The Hall–Kier alpha value is -1.35. The summed E-state index contributed by atoms with van der Waals surface area (Å²) in [5.41, 5.74) is 3.43. The van der Waals surface area contributed by atoms with Crippen molar-refractivity contribution in [2.24, 2.45) is 0 Å². The maximum atomic E-state index is 11.9. The molecule has 0 aromatic carbocycles. The minimum Gasteiger partial charge on any atom is -0.343 e. The van der Waals surface area contributed by atoms with Gasteiger partial charge in [-0.1, -0.05) is 6.92 Å². The van der Waals surface area contributed by atoms with Gasteiger partial charge in [-0.3, -0.25) is 4.79 Å². The molecular formula is C16H19NOS. The molecule has 0 atom stereocenters. The Kier molecular flexibility index (Phi) is 3.31. The molecule has 0 saturated heterocycles. The lowest BCUT2D eigenvalue weighted by atomic mass is 9.97. The van der Waals surface area contributed by atoms with E-state index in [2.05, 4.69) is 36.6 Å². The van der Waals surface area contributed by atoms with Gasteiger partial charge in [0.05, 0.1) is 6.54 Å². The van der Waals surface area contributed by atoms with Crippen LogP contribution in [0.5, 0.6) is 0 Å². The number of Topliss-reactive ketones (excluding diaryl/α,β-unsaturated/α-hetero) is 1. The highest BCUT2D eigenvalue weighted by Gasteiger charge is 2.22. The molecule has 2 heterocycles. The second-order valence-corrected chi connectivity index (χ2v) is 6.48. The maximum absolute atomic E-state index is 11.9. The van der Waals surface area contributed by atoms with E-state index in [1.54, 1.807) is 0 Å². The monoisotopic (exact) mass is 273 g/mol. The van der Waals surface area contributed by atoms with Crippen molar-refractivity contribution in [1.29, 1.82) is 0 Å². The molecule has 1 aliphatic rings. The molecule has 3 heteroatoms. The summed E-state index contributed by atoms with van der Waals surface area (Å²) in [6.45, 7) is 5.22. The van der Waals surface area contributed by atoms with Crippen LogP contribution in [0, 0.1) is 6.92 Å². The van der Waals surface area contributed by atoms with E-state index in [0.29, 0.717) is 5.78 Å². The van der Waals surface area contributed by atoms with Crippen molar-refractivity contribution in [2.75, 3.05) is 0 Å².